The van der Waals surface area contributed by atoms with E-state index in [-0.39, 0.29) is 23.8 Å². The van der Waals surface area contributed by atoms with Crippen LogP contribution in [0, 0.1) is 12.8 Å². The summed E-state index contributed by atoms with van der Waals surface area (Å²) in [6.45, 7) is 3.68. The summed E-state index contributed by atoms with van der Waals surface area (Å²) in [6.07, 6.45) is 11.2. The molecule has 0 radical (unpaired) electrons. The average molecular weight is 456 g/mol. The van der Waals surface area contributed by atoms with Crippen molar-refractivity contribution in [3.63, 3.8) is 0 Å². The summed E-state index contributed by atoms with van der Waals surface area (Å²) in [4.78, 5) is 28.7. The predicted molar refractivity (Wildman–Crippen MR) is 132 cm³/mol. The number of rotatable bonds is 6. The summed E-state index contributed by atoms with van der Waals surface area (Å²) in [5.74, 6) is 0.146. The summed E-state index contributed by atoms with van der Waals surface area (Å²) in [5, 5.41) is 6.70. The van der Waals surface area contributed by atoms with Crippen LogP contribution in [0.15, 0.2) is 29.2 Å². The first-order chi connectivity index (χ1) is 15.5. The summed E-state index contributed by atoms with van der Waals surface area (Å²) in [5.41, 5.74) is 2.27. The second kappa shape index (κ2) is 10.9. The van der Waals surface area contributed by atoms with E-state index >= 15 is 0 Å². The van der Waals surface area contributed by atoms with Gasteiger partial charge in [0.2, 0.25) is 5.91 Å². The number of likely N-dealkylation sites (N-methyl/N-ethyl adjacent to an activating group) is 1. The Balaban J connectivity index is 1.24. The molecule has 0 aromatic heterocycles. The highest BCUT2D eigenvalue weighted by Gasteiger charge is 2.39. The number of nitrogens with zero attached hydrogens (tertiary/aromatic N) is 1. The van der Waals surface area contributed by atoms with Gasteiger partial charge in [0.05, 0.1) is 4.91 Å². The van der Waals surface area contributed by atoms with Gasteiger partial charge < -0.3 is 15.5 Å². The van der Waals surface area contributed by atoms with Crippen LogP contribution < -0.4 is 10.6 Å². The topological polar surface area (TPSA) is 61.4 Å². The molecule has 4 rings (SSSR count). The van der Waals surface area contributed by atoms with E-state index in [0.717, 1.165) is 36.3 Å². The number of thioether (sulfide) groups is 1. The van der Waals surface area contributed by atoms with Crippen LogP contribution in [0.2, 0.25) is 0 Å². The summed E-state index contributed by atoms with van der Waals surface area (Å²) >= 11 is 1.68. The van der Waals surface area contributed by atoms with Gasteiger partial charge >= 0.3 is 0 Å². The number of hydrogen-bond acceptors (Lipinski definition) is 4. The molecule has 2 aliphatic carbocycles. The fourth-order valence-corrected chi connectivity index (χ4v) is 6.54. The molecular formula is C26H37N3O2S. The van der Waals surface area contributed by atoms with Gasteiger partial charge in [-0.3, -0.25) is 9.59 Å². The number of carbonyl (C=O) groups is 2. The first-order valence-electron chi connectivity index (χ1n) is 12.2. The zero-order valence-corrected chi connectivity index (χ0v) is 20.3. The lowest BCUT2D eigenvalue weighted by Crippen LogP contribution is -2.52. The summed E-state index contributed by atoms with van der Waals surface area (Å²) in [7, 11) is 2.18. The van der Waals surface area contributed by atoms with Crippen LogP contribution >= 0.6 is 11.8 Å². The van der Waals surface area contributed by atoms with E-state index in [1.54, 1.807) is 11.8 Å². The van der Waals surface area contributed by atoms with E-state index in [4.69, 9.17) is 0 Å². The van der Waals surface area contributed by atoms with E-state index in [9.17, 15) is 9.59 Å². The summed E-state index contributed by atoms with van der Waals surface area (Å²) in [6, 6.07) is 8.99. The maximum absolute atomic E-state index is 12.8. The van der Waals surface area contributed by atoms with Gasteiger partial charge in [-0.25, -0.2) is 0 Å². The molecule has 1 aliphatic heterocycles. The zero-order chi connectivity index (χ0) is 22.5. The highest BCUT2D eigenvalue weighted by molar-refractivity contribution is 8.04. The monoisotopic (exact) mass is 455 g/mol. The second-order valence-electron chi connectivity index (χ2n) is 9.73. The first-order valence-corrected chi connectivity index (χ1v) is 13.1. The van der Waals surface area contributed by atoms with Gasteiger partial charge in [-0.15, -0.1) is 11.8 Å². The minimum atomic E-state index is -0.00742. The molecule has 1 aromatic carbocycles. The smallest absolute Gasteiger partial charge is 0.257 e. The fourth-order valence-electron chi connectivity index (χ4n) is 5.25. The van der Waals surface area contributed by atoms with E-state index in [0.29, 0.717) is 17.8 Å². The lowest BCUT2D eigenvalue weighted by molar-refractivity contribution is -0.127. The van der Waals surface area contributed by atoms with Gasteiger partial charge in [-0.05, 0) is 57.7 Å². The van der Waals surface area contributed by atoms with Crippen LogP contribution in [0.1, 0.15) is 62.5 Å². The zero-order valence-electron chi connectivity index (χ0n) is 19.4. The molecule has 1 aromatic rings. The largest absolute Gasteiger partial charge is 0.355 e. The molecule has 2 amide bonds. The SMILES string of the molecule is Cc1ccc(/C=C2/SC3CCC(C(=O)NCCN(C)C4CCCCC4)CC3NC2=O)cc1. The molecule has 3 fully saturated rings. The molecule has 3 aliphatic rings. The Morgan fingerprint density at radius 3 is 2.66 bits per heavy atom. The van der Waals surface area contributed by atoms with Crippen molar-refractivity contribution < 1.29 is 9.59 Å². The highest BCUT2D eigenvalue weighted by Crippen LogP contribution is 2.40. The highest BCUT2D eigenvalue weighted by atomic mass is 32.2. The van der Waals surface area contributed by atoms with Crippen LogP contribution in [0.4, 0.5) is 0 Å². The molecular weight excluding hydrogens is 418 g/mol. The van der Waals surface area contributed by atoms with Gasteiger partial charge in [-0.2, -0.15) is 0 Å². The number of aryl methyl sites for hydroxylation is 1. The molecule has 3 atom stereocenters. The van der Waals surface area contributed by atoms with Crippen LogP contribution in [-0.2, 0) is 9.59 Å². The Labute approximate surface area is 196 Å². The van der Waals surface area contributed by atoms with E-state index < -0.39 is 0 Å². The second-order valence-corrected chi connectivity index (χ2v) is 11.0. The van der Waals surface area contributed by atoms with Crippen molar-refractivity contribution >= 4 is 29.7 Å². The van der Waals surface area contributed by atoms with E-state index in [2.05, 4.69) is 53.8 Å². The van der Waals surface area contributed by atoms with Crippen LogP contribution in [0.25, 0.3) is 6.08 Å². The van der Waals surface area contributed by atoms with Gasteiger partial charge in [0.15, 0.2) is 0 Å². The molecule has 6 heteroatoms. The van der Waals surface area contributed by atoms with Crippen LogP contribution in [-0.4, -0.2) is 54.2 Å². The Morgan fingerprint density at radius 1 is 1.16 bits per heavy atom. The first kappa shape index (κ1) is 23.4. The maximum atomic E-state index is 12.8. The number of hydrogen-bond donors (Lipinski definition) is 2. The van der Waals surface area contributed by atoms with Crippen molar-refractivity contribution in [2.45, 2.75) is 75.6 Å². The van der Waals surface area contributed by atoms with Crippen molar-refractivity contribution in [1.29, 1.82) is 0 Å². The number of amides is 2. The molecule has 0 spiro atoms. The molecule has 0 bridgehead atoms. The number of benzene rings is 1. The van der Waals surface area contributed by atoms with Crippen molar-refractivity contribution in [2.75, 3.05) is 20.1 Å². The third kappa shape index (κ3) is 5.96. The summed E-state index contributed by atoms with van der Waals surface area (Å²) < 4.78 is 0. The van der Waals surface area contributed by atoms with Crippen LogP contribution in [0.5, 0.6) is 0 Å². The number of nitrogens with one attached hydrogen (secondary N) is 2. The van der Waals surface area contributed by atoms with Gasteiger partial charge in [0, 0.05) is 36.3 Å². The number of fused-ring (bicyclic) bond motifs is 1. The molecule has 3 unspecified atom stereocenters. The number of carbonyl (C=O) groups excluding carboxylic acids is 2. The Kier molecular flexibility index (Phi) is 7.95. The van der Waals surface area contributed by atoms with Gasteiger partial charge in [0.25, 0.3) is 5.91 Å². The van der Waals surface area contributed by atoms with Gasteiger partial charge in [0.1, 0.15) is 0 Å². The molecule has 1 saturated heterocycles. The maximum Gasteiger partial charge on any atom is 0.257 e. The van der Waals surface area contributed by atoms with Crippen molar-refractivity contribution in [1.82, 2.24) is 15.5 Å². The minimum absolute atomic E-state index is 0.000218. The Hall–Kier alpha value is -1.79. The van der Waals surface area contributed by atoms with E-state index in [1.165, 1.54) is 37.7 Å². The molecule has 5 nitrogen and oxygen atoms in total. The average Bonchev–Trinajstić information content (AvgIpc) is 2.81. The van der Waals surface area contributed by atoms with Crippen molar-refractivity contribution in [3.05, 3.63) is 40.3 Å². The predicted octanol–water partition coefficient (Wildman–Crippen LogP) is 4.12. The molecule has 174 valence electrons. The third-order valence-electron chi connectivity index (χ3n) is 7.31. The molecule has 32 heavy (non-hydrogen) atoms. The quantitative estimate of drug-likeness (QED) is 0.634. The molecule has 2 N–H and O–H groups in total. The Morgan fingerprint density at radius 2 is 1.91 bits per heavy atom. The lowest BCUT2D eigenvalue weighted by Gasteiger charge is -2.39. The molecule has 2 saturated carbocycles. The Bertz CT molecular complexity index is 832. The van der Waals surface area contributed by atoms with Crippen molar-refractivity contribution in [2.24, 2.45) is 5.92 Å². The third-order valence-corrected chi connectivity index (χ3v) is 8.74. The van der Waals surface area contributed by atoms with Gasteiger partial charge in [-0.1, -0.05) is 49.1 Å². The normalized spacial score (nSPS) is 27.8. The molecule has 1 heterocycles. The van der Waals surface area contributed by atoms with Crippen molar-refractivity contribution in [3.8, 4) is 0 Å². The van der Waals surface area contributed by atoms with Crippen LogP contribution in [0.3, 0.4) is 0 Å². The lowest BCUT2D eigenvalue weighted by atomic mass is 9.84. The fraction of sp³-hybridized carbons (Fsp3) is 0.615. The minimum Gasteiger partial charge on any atom is -0.355 e. The standard InChI is InChI=1S/C26H37N3O2S/c1-18-8-10-19(11-9-18)16-24-26(31)28-22-17-20(12-13-23(22)32-24)25(30)27-14-15-29(2)21-6-4-3-5-7-21/h8-11,16,20-23H,3-7,12-15,17H2,1-2H3,(H,27,30)(H,28,31)/b24-16+. The van der Waals surface area contributed by atoms with E-state index in [1.807, 2.05) is 6.08 Å².